The van der Waals surface area contributed by atoms with Gasteiger partial charge in [0.25, 0.3) is 5.91 Å². The molecule has 6 nitrogen and oxygen atoms in total. The minimum absolute atomic E-state index is 0.00781. The predicted molar refractivity (Wildman–Crippen MR) is 144 cm³/mol. The summed E-state index contributed by atoms with van der Waals surface area (Å²) in [4.78, 5) is 30.1. The molecule has 0 spiro atoms. The van der Waals surface area contributed by atoms with Crippen LogP contribution < -0.4 is 14.8 Å². The summed E-state index contributed by atoms with van der Waals surface area (Å²) in [6, 6.07) is 22.4. The Labute approximate surface area is 218 Å². The lowest BCUT2D eigenvalue weighted by atomic mass is 9.77. The monoisotopic (exact) mass is 498 g/mol. The van der Waals surface area contributed by atoms with Crippen molar-refractivity contribution in [3.63, 3.8) is 0 Å². The summed E-state index contributed by atoms with van der Waals surface area (Å²) in [7, 11) is 1.64. The molecule has 1 aliphatic heterocycles. The molecule has 3 aromatic carbocycles. The Morgan fingerprint density at radius 1 is 0.919 bits per heavy atom. The number of benzene rings is 3. The van der Waals surface area contributed by atoms with E-state index in [0.29, 0.717) is 17.9 Å². The van der Waals surface area contributed by atoms with Crippen molar-refractivity contribution in [2.24, 2.45) is 0 Å². The van der Waals surface area contributed by atoms with Gasteiger partial charge in [0.1, 0.15) is 11.5 Å². The Morgan fingerprint density at radius 3 is 2.27 bits per heavy atom. The van der Waals surface area contributed by atoms with Crippen LogP contribution in [0.25, 0.3) is 0 Å². The highest BCUT2D eigenvalue weighted by molar-refractivity contribution is 6.04. The van der Waals surface area contributed by atoms with Crippen LogP contribution in [-0.4, -0.2) is 36.5 Å². The fraction of sp³-hybridized carbons (Fsp3) is 0.355. The molecule has 37 heavy (non-hydrogen) atoms. The van der Waals surface area contributed by atoms with E-state index in [-0.39, 0.29) is 17.9 Å². The molecule has 192 valence electrons. The maximum Gasteiger partial charge on any atom is 0.254 e. The highest BCUT2D eigenvalue weighted by Crippen LogP contribution is 2.46. The topological polar surface area (TPSA) is 67.9 Å². The van der Waals surface area contributed by atoms with Gasteiger partial charge in [-0.05, 0) is 73.4 Å². The summed E-state index contributed by atoms with van der Waals surface area (Å²) >= 11 is 0. The lowest BCUT2D eigenvalue weighted by Crippen LogP contribution is -2.51. The van der Waals surface area contributed by atoms with Gasteiger partial charge in [0, 0.05) is 17.3 Å². The van der Waals surface area contributed by atoms with E-state index in [1.54, 1.807) is 7.11 Å². The molecule has 0 bridgehead atoms. The van der Waals surface area contributed by atoms with Gasteiger partial charge in [-0.15, -0.1) is 0 Å². The first-order valence-electron chi connectivity index (χ1n) is 13.2. The molecule has 0 aromatic heterocycles. The van der Waals surface area contributed by atoms with Gasteiger partial charge in [0.05, 0.1) is 25.7 Å². The van der Waals surface area contributed by atoms with E-state index in [0.717, 1.165) is 48.3 Å². The van der Waals surface area contributed by atoms with E-state index in [9.17, 15) is 9.59 Å². The number of hydrogen-bond acceptors (Lipinski definition) is 4. The molecule has 5 rings (SSSR count). The largest absolute Gasteiger partial charge is 0.497 e. The third kappa shape index (κ3) is 5.06. The molecule has 2 aliphatic rings. The number of carbonyl (C=O) groups is 2. The van der Waals surface area contributed by atoms with Crippen molar-refractivity contribution in [3.8, 4) is 11.5 Å². The zero-order chi connectivity index (χ0) is 25.8. The van der Waals surface area contributed by atoms with Crippen LogP contribution >= 0.6 is 0 Å². The Balaban J connectivity index is 1.58. The van der Waals surface area contributed by atoms with Gasteiger partial charge in [-0.2, -0.15) is 0 Å². The van der Waals surface area contributed by atoms with Crippen LogP contribution in [0.3, 0.4) is 0 Å². The molecule has 6 heteroatoms. The summed E-state index contributed by atoms with van der Waals surface area (Å²) in [5, 5.41) is 3.13. The van der Waals surface area contributed by atoms with E-state index in [4.69, 9.17) is 9.47 Å². The molecule has 1 heterocycles. The summed E-state index contributed by atoms with van der Waals surface area (Å²) in [5.41, 5.74) is 3.01. The summed E-state index contributed by atoms with van der Waals surface area (Å²) < 4.78 is 10.9. The lowest BCUT2D eigenvalue weighted by molar-refractivity contribution is -0.119. The van der Waals surface area contributed by atoms with Crippen LogP contribution in [0, 0.1) is 0 Å². The Morgan fingerprint density at radius 2 is 1.59 bits per heavy atom. The summed E-state index contributed by atoms with van der Waals surface area (Å²) in [6.07, 6.45) is 5.27. The Bertz CT molecular complexity index is 1230. The molecular weight excluding hydrogens is 464 g/mol. The van der Waals surface area contributed by atoms with Gasteiger partial charge in [-0.3, -0.25) is 9.59 Å². The second-order valence-electron chi connectivity index (χ2n) is 9.73. The number of ether oxygens (including phenoxy) is 2. The molecule has 1 aliphatic carbocycles. The van der Waals surface area contributed by atoms with Gasteiger partial charge in [-0.25, -0.2) is 0 Å². The van der Waals surface area contributed by atoms with Gasteiger partial charge >= 0.3 is 0 Å². The van der Waals surface area contributed by atoms with Crippen LogP contribution in [0.5, 0.6) is 11.5 Å². The Kier molecular flexibility index (Phi) is 7.45. The molecule has 2 amide bonds. The Hall–Kier alpha value is -3.80. The van der Waals surface area contributed by atoms with Crippen LogP contribution in [0.4, 0.5) is 5.69 Å². The molecule has 1 N–H and O–H groups in total. The normalized spacial score (nSPS) is 19.7. The van der Waals surface area contributed by atoms with Crippen molar-refractivity contribution in [2.75, 3.05) is 19.0 Å². The van der Waals surface area contributed by atoms with Crippen molar-refractivity contribution in [2.45, 2.75) is 57.0 Å². The van der Waals surface area contributed by atoms with Crippen molar-refractivity contribution < 1.29 is 19.1 Å². The number of anilines is 1. The minimum Gasteiger partial charge on any atom is -0.497 e. The van der Waals surface area contributed by atoms with Crippen LogP contribution in [-0.2, 0) is 4.79 Å². The first kappa shape index (κ1) is 24.9. The van der Waals surface area contributed by atoms with Crippen molar-refractivity contribution in [1.82, 2.24) is 4.90 Å². The average Bonchev–Trinajstić information content (AvgIpc) is 2.94. The third-order valence-corrected chi connectivity index (χ3v) is 7.52. The van der Waals surface area contributed by atoms with E-state index in [1.165, 1.54) is 6.42 Å². The van der Waals surface area contributed by atoms with Crippen LogP contribution in [0.2, 0.25) is 0 Å². The quantitative estimate of drug-likeness (QED) is 0.412. The van der Waals surface area contributed by atoms with E-state index in [2.05, 4.69) is 5.32 Å². The maximum atomic E-state index is 14.1. The third-order valence-electron chi connectivity index (χ3n) is 7.52. The second-order valence-corrected chi connectivity index (χ2v) is 9.73. The van der Waals surface area contributed by atoms with Gasteiger partial charge in [-0.1, -0.05) is 49.6 Å². The molecule has 0 unspecified atom stereocenters. The number of carbonyl (C=O) groups excluding carboxylic acids is 2. The maximum absolute atomic E-state index is 14.1. The average molecular weight is 499 g/mol. The molecule has 2 atom stereocenters. The van der Waals surface area contributed by atoms with E-state index in [1.807, 2.05) is 84.6 Å². The number of nitrogens with one attached hydrogen (secondary N) is 1. The molecule has 1 saturated carbocycles. The summed E-state index contributed by atoms with van der Waals surface area (Å²) in [6.45, 7) is 2.52. The van der Waals surface area contributed by atoms with E-state index < -0.39 is 12.0 Å². The number of hydrogen-bond donors (Lipinski definition) is 1. The number of rotatable bonds is 7. The molecule has 1 fully saturated rings. The molecular formula is C31H34N2O4. The fourth-order valence-electron chi connectivity index (χ4n) is 5.77. The number of methoxy groups -OCH3 is 1. The lowest BCUT2D eigenvalue weighted by Gasteiger charge is -2.46. The standard InChI is InChI=1S/C31H34N2O4/c1-3-37-25-19-15-22(16-20-25)32-30(34)28-26-11-7-8-12-27(26)31(35)33(23-9-5-4-6-10-23)29(28)21-13-17-24(36-2)18-14-21/h7-8,11-20,23,28-29H,3-6,9-10H2,1-2H3,(H,32,34)/t28-,29+/m1/s1. The van der Waals surface area contributed by atoms with Crippen LogP contribution in [0.15, 0.2) is 72.8 Å². The SMILES string of the molecule is CCOc1ccc(NC(=O)[C@@H]2c3ccccc3C(=O)N(C3CCCCC3)[C@H]2c2ccc(OC)cc2)cc1. The highest BCUT2D eigenvalue weighted by atomic mass is 16.5. The number of fused-ring (bicyclic) bond motifs is 1. The van der Waals surface area contributed by atoms with Crippen molar-refractivity contribution >= 4 is 17.5 Å². The molecule has 0 saturated heterocycles. The first-order chi connectivity index (χ1) is 18.1. The van der Waals surface area contributed by atoms with Gasteiger partial charge in [0.2, 0.25) is 5.91 Å². The van der Waals surface area contributed by atoms with Crippen LogP contribution in [0.1, 0.15) is 72.5 Å². The fourth-order valence-corrected chi connectivity index (χ4v) is 5.77. The number of nitrogens with zero attached hydrogens (tertiary/aromatic N) is 1. The predicted octanol–water partition coefficient (Wildman–Crippen LogP) is 6.35. The summed E-state index contributed by atoms with van der Waals surface area (Å²) in [5.74, 6) is 0.814. The first-order valence-corrected chi connectivity index (χ1v) is 13.2. The zero-order valence-electron chi connectivity index (χ0n) is 21.5. The highest BCUT2D eigenvalue weighted by Gasteiger charge is 2.46. The van der Waals surface area contributed by atoms with E-state index >= 15 is 0 Å². The minimum atomic E-state index is -0.559. The molecule has 3 aromatic rings. The smallest absolute Gasteiger partial charge is 0.254 e. The zero-order valence-corrected chi connectivity index (χ0v) is 21.5. The number of amides is 2. The van der Waals surface area contributed by atoms with Crippen molar-refractivity contribution in [1.29, 1.82) is 0 Å². The van der Waals surface area contributed by atoms with Crippen molar-refractivity contribution in [3.05, 3.63) is 89.5 Å². The second kappa shape index (κ2) is 11.1. The van der Waals surface area contributed by atoms with Gasteiger partial charge < -0.3 is 19.7 Å². The molecule has 0 radical (unpaired) electrons. The van der Waals surface area contributed by atoms with Gasteiger partial charge in [0.15, 0.2) is 0 Å².